The number of carbonyl (C=O) groups is 1. The third-order valence-corrected chi connectivity index (χ3v) is 4.12. The second kappa shape index (κ2) is 5.65. The summed E-state index contributed by atoms with van der Waals surface area (Å²) in [6.07, 6.45) is 2.85. The van der Waals surface area contributed by atoms with Gasteiger partial charge in [-0.25, -0.2) is 0 Å². The maximum Gasteiger partial charge on any atom is 0.446 e. The number of nitrogens with one attached hydrogen (secondary N) is 1. The summed E-state index contributed by atoms with van der Waals surface area (Å²) in [5.41, 5.74) is 0.780. The lowest BCUT2D eigenvalue weighted by molar-refractivity contribution is -0.121. The lowest BCUT2D eigenvalue weighted by Crippen LogP contribution is -2.48. The average molecular weight is 304 g/mol. The first-order valence-corrected chi connectivity index (χ1v) is 7.07. The number of thioether (sulfide) groups is 1. The van der Waals surface area contributed by atoms with E-state index in [1.807, 2.05) is 0 Å². The minimum Gasteiger partial charge on any atom is -0.323 e. The Morgan fingerprint density at radius 1 is 1.25 bits per heavy atom. The van der Waals surface area contributed by atoms with Crippen LogP contribution in [0.15, 0.2) is 29.2 Å². The SMILES string of the molecule is NC1(C(=O)Nc2ccccc2SC(F)(F)F)CCCC1. The molecule has 0 heterocycles. The normalized spacial score (nSPS) is 18.0. The second-order valence-electron chi connectivity index (χ2n) is 4.86. The maximum atomic E-state index is 12.5. The zero-order valence-corrected chi connectivity index (χ0v) is 11.5. The van der Waals surface area contributed by atoms with Crippen LogP contribution in [0.5, 0.6) is 0 Å². The molecule has 0 atom stereocenters. The van der Waals surface area contributed by atoms with Gasteiger partial charge in [0.25, 0.3) is 0 Å². The number of nitrogens with two attached hydrogens (primary N) is 1. The summed E-state index contributed by atoms with van der Waals surface area (Å²) >= 11 is -0.245. The minimum absolute atomic E-state index is 0.0325. The zero-order chi connectivity index (χ0) is 14.8. The third-order valence-electron chi connectivity index (χ3n) is 3.31. The largest absolute Gasteiger partial charge is 0.446 e. The van der Waals surface area contributed by atoms with Gasteiger partial charge in [-0.05, 0) is 36.7 Å². The first kappa shape index (κ1) is 15.2. The standard InChI is InChI=1S/C13H15F3N2OS/c14-13(15,16)20-10-6-2-1-5-9(10)18-11(19)12(17)7-3-4-8-12/h1-2,5-6H,3-4,7-8,17H2,(H,18,19). The first-order valence-electron chi connectivity index (χ1n) is 6.25. The van der Waals surface area contributed by atoms with Gasteiger partial charge in [0.1, 0.15) is 0 Å². The number of carbonyl (C=O) groups excluding carboxylic acids is 1. The molecule has 3 nitrogen and oxygen atoms in total. The van der Waals surface area contributed by atoms with Crippen LogP contribution in [-0.4, -0.2) is 17.0 Å². The van der Waals surface area contributed by atoms with Crippen LogP contribution in [0.4, 0.5) is 18.9 Å². The summed E-state index contributed by atoms with van der Waals surface area (Å²) in [6, 6.07) is 5.85. The van der Waals surface area contributed by atoms with Crippen LogP contribution >= 0.6 is 11.8 Å². The van der Waals surface area contributed by atoms with Crippen LogP contribution < -0.4 is 11.1 Å². The molecule has 20 heavy (non-hydrogen) atoms. The highest BCUT2D eigenvalue weighted by molar-refractivity contribution is 8.00. The summed E-state index contributed by atoms with van der Waals surface area (Å²) in [5.74, 6) is -0.412. The Labute approximate surface area is 119 Å². The van der Waals surface area contributed by atoms with E-state index in [1.54, 1.807) is 6.07 Å². The fraction of sp³-hybridized carbons (Fsp3) is 0.462. The van der Waals surface area contributed by atoms with Crippen LogP contribution in [-0.2, 0) is 4.79 Å². The number of benzene rings is 1. The number of halogens is 3. The molecular formula is C13H15F3N2OS. The van der Waals surface area contributed by atoms with Crippen LogP contribution in [0.1, 0.15) is 25.7 Å². The Balaban J connectivity index is 2.15. The van der Waals surface area contributed by atoms with Gasteiger partial charge < -0.3 is 11.1 Å². The number of para-hydroxylation sites is 1. The van der Waals surface area contributed by atoms with Gasteiger partial charge >= 0.3 is 5.51 Å². The van der Waals surface area contributed by atoms with Gasteiger partial charge in [-0.15, -0.1) is 0 Å². The van der Waals surface area contributed by atoms with E-state index in [1.165, 1.54) is 18.2 Å². The van der Waals surface area contributed by atoms with E-state index >= 15 is 0 Å². The molecule has 0 bridgehead atoms. The number of rotatable bonds is 3. The molecule has 1 aliphatic rings. The molecule has 1 aromatic carbocycles. The van der Waals surface area contributed by atoms with Crippen LogP contribution in [0, 0.1) is 0 Å². The smallest absolute Gasteiger partial charge is 0.323 e. The van der Waals surface area contributed by atoms with Crippen molar-refractivity contribution < 1.29 is 18.0 Å². The van der Waals surface area contributed by atoms with Gasteiger partial charge in [0, 0.05) is 4.90 Å². The zero-order valence-electron chi connectivity index (χ0n) is 10.7. The molecular weight excluding hydrogens is 289 g/mol. The topological polar surface area (TPSA) is 55.1 Å². The number of hydrogen-bond acceptors (Lipinski definition) is 3. The summed E-state index contributed by atoms with van der Waals surface area (Å²) in [4.78, 5) is 12.1. The predicted molar refractivity (Wildman–Crippen MR) is 72.4 cm³/mol. The summed E-state index contributed by atoms with van der Waals surface area (Å²) in [5, 5.41) is 2.53. The molecule has 1 aromatic rings. The van der Waals surface area contributed by atoms with Crippen molar-refractivity contribution in [3.63, 3.8) is 0 Å². The highest BCUT2D eigenvalue weighted by Gasteiger charge is 2.37. The Morgan fingerprint density at radius 2 is 1.85 bits per heavy atom. The average Bonchev–Trinajstić information content (AvgIpc) is 2.78. The van der Waals surface area contributed by atoms with E-state index in [2.05, 4.69) is 5.32 Å². The van der Waals surface area contributed by atoms with Gasteiger partial charge in [-0.2, -0.15) is 13.2 Å². The molecule has 1 aliphatic carbocycles. The van der Waals surface area contributed by atoms with Crippen molar-refractivity contribution in [1.29, 1.82) is 0 Å². The molecule has 2 rings (SSSR count). The number of amides is 1. The van der Waals surface area contributed by atoms with E-state index in [0.29, 0.717) is 12.8 Å². The summed E-state index contributed by atoms with van der Waals surface area (Å²) < 4.78 is 37.4. The Hall–Kier alpha value is -1.21. The molecule has 0 radical (unpaired) electrons. The summed E-state index contributed by atoms with van der Waals surface area (Å²) in [7, 11) is 0. The summed E-state index contributed by atoms with van der Waals surface area (Å²) in [6.45, 7) is 0. The van der Waals surface area contributed by atoms with Crippen molar-refractivity contribution in [1.82, 2.24) is 0 Å². The van der Waals surface area contributed by atoms with Gasteiger partial charge in [-0.3, -0.25) is 4.79 Å². The molecule has 0 aliphatic heterocycles. The lowest BCUT2D eigenvalue weighted by Gasteiger charge is -2.23. The molecule has 1 saturated carbocycles. The van der Waals surface area contributed by atoms with Crippen molar-refractivity contribution in [2.75, 3.05) is 5.32 Å². The minimum atomic E-state index is -4.39. The number of alkyl halides is 3. The van der Waals surface area contributed by atoms with Crippen molar-refractivity contribution in [3.05, 3.63) is 24.3 Å². The van der Waals surface area contributed by atoms with Crippen molar-refractivity contribution in [3.8, 4) is 0 Å². The van der Waals surface area contributed by atoms with Crippen LogP contribution in [0.3, 0.4) is 0 Å². The molecule has 110 valence electrons. The monoisotopic (exact) mass is 304 g/mol. The molecule has 7 heteroatoms. The Bertz CT molecular complexity index is 499. The molecule has 1 amide bonds. The molecule has 0 aromatic heterocycles. The highest BCUT2D eigenvalue weighted by Crippen LogP contribution is 2.40. The fourth-order valence-corrected chi connectivity index (χ4v) is 2.89. The van der Waals surface area contributed by atoms with Gasteiger partial charge in [0.15, 0.2) is 0 Å². The third kappa shape index (κ3) is 3.67. The Kier molecular flexibility index (Phi) is 4.29. The van der Waals surface area contributed by atoms with Crippen LogP contribution in [0.2, 0.25) is 0 Å². The van der Waals surface area contributed by atoms with Gasteiger partial charge in [0.2, 0.25) is 5.91 Å². The quantitative estimate of drug-likeness (QED) is 0.840. The van der Waals surface area contributed by atoms with E-state index in [0.717, 1.165) is 12.8 Å². The molecule has 0 unspecified atom stereocenters. The fourth-order valence-electron chi connectivity index (χ4n) is 2.26. The van der Waals surface area contributed by atoms with E-state index in [9.17, 15) is 18.0 Å². The maximum absolute atomic E-state index is 12.5. The molecule has 3 N–H and O–H groups in total. The molecule has 0 spiro atoms. The van der Waals surface area contributed by atoms with E-state index < -0.39 is 17.0 Å². The van der Waals surface area contributed by atoms with Crippen molar-refractivity contribution >= 4 is 23.4 Å². The first-order chi connectivity index (χ1) is 9.30. The number of anilines is 1. The number of hydrogen-bond donors (Lipinski definition) is 2. The molecule has 1 fully saturated rings. The van der Waals surface area contributed by atoms with E-state index in [4.69, 9.17) is 5.73 Å². The highest BCUT2D eigenvalue weighted by atomic mass is 32.2. The van der Waals surface area contributed by atoms with Gasteiger partial charge in [0.05, 0.1) is 11.2 Å². The van der Waals surface area contributed by atoms with Gasteiger partial charge in [-0.1, -0.05) is 25.0 Å². The van der Waals surface area contributed by atoms with Crippen molar-refractivity contribution in [2.24, 2.45) is 5.73 Å². The van der Waals surface area contributed by atoms with Crippen LogP contribution in [0.25, 0.3) is 0 Å². The second-order valence-corrected chi connectivity index (χ2v) is 5.97. The predicted octanol–water partition coefficient (Wildman–Crippen LogP) is 3.51. The van der Waals surface area contributed by atoms with E-state index in [-0.39, 0.29) is 22.3 Å². The Morgan fingerprint density at radius 3 is 2.45 bits per heavy atom. The van der Waals surface area contributed by atoms with Crippen molar-refractivity contribution in [2.45, 2.75) is 41.6 Å². The lowest BCUT2D eigenvalue weighted by atomic mass is 9.98. The molecule has 0 saturated heterocycles.